The Balaban J connectivity index is 2.10. The molecule has 2 aromatic carbocycles. The zero-order chi connectivity index (χ0) is 15.5. The smallest absolute Gasteiger partial charge is 0.380 e. The van der Waals surface area contributed by atoms with Crippen LogP contribution in [-0.4, -0.2) is 0 Å². The number of halogens is 4. The minimum absolute atomic E-state index is 0.382. The van der Waals surface area contributed by atoms with Crippen molar-refractivity contribution in [3.8, 4) is 0 Å². The van der Waals surface area contributed by atoms with E-state index in [9.17, 15) is 13.2 Å². The molecule has 0 aromatic heterocycles. The first kappa shape index (κ1) is 15.9. The molecule has 0 heterocycles. The molecule has 0 saturated carbocycles. The Hall–Kier alpha value is -1.53. The van der Waals surface area contributed by atoms with Crippen molar-refractivity contribution in [1.29, 1.82) is 0 Å². The van der Waals surface area contributed by atoms with Gasteiger partial charge in [-0.25, -0.2) is 0 Å². The average molecular weight is 359 g/mol. The Kier molecular flexibility index (Phi) is 4.90. The van der Waals surface area contributed by atoms with Gasteiger partial charge in [-0.15, -0.1) is 0 Å². The van der Waals surface area contributed by atoms with Crippen LogP contribution in [-0.2, 0) is 19.3 Å². The van der Waals surface area contributed by atoms with Gasteiger partial charge in [-0.05, 0) is 45.3 Å². The molecule has 0 amide bonds. The molecule has 0 aliphatic carbocycles. The highest BCUT2D eigenvalue weighted by Gasteiger charge is 2.30. The van der Waals surface area contributed by atoms with E-state index in [1.54, 1.807) is 0 Å². The topological polar surface area (TPSA) is 38.0 Å². The normalized spacial score (nSPS) is 11.5. The third-order valence-corrected chi connectivity index (χ3v) is 3.66. The number of anilines is 1. The van der Waals surface area contributed by atoms with Crippen LogP contribution in [0.2, 0.25) is 0 Å². The highest BCUT2D eigenvalue weighted by Crippen LogP contribution is 2.34. The average Bonchev–Trinajstić information content (AvgIpc) is 2.45. The fourth-order valence-electron chi connectivity index (χ4n) is 1.90. The summed E-state index contributed by atoms with van der Waals surface area (Å²) in [6, 6.07) is 11.3. The fourth-order valence-corrected chi connectivity index (χ4v) is 2.42. The maximum atomic E-state index is 12.6. The van der Waals surface area contributed by atoms with Crippen molar-refractivity contribution in [1.82, 2.24) is 0 Å². The molecule has 2 nitrogen and oxygen atoms in total. The molecule has 6 heteroatoms. The van der Waals surface area contributed by atoms with E-state index < -0.39 is 11.7 Å². The van der Waals surface area contributed by atoms with Gasteiger partial charge >= 0.3 is 6.18 Å². The van der Waals surface area contributed by atoms with Crippen molar-refractivity contribution in [3.63, 3.8) is 0 Å². The van der Waals surface area contributed by atoms with Gasteiger partial charge in [-0.2, -0.15) is 13.2 Å². The molecule has 21 heavy (non-hydrogen) atoms. The van der Waals surface area contributed by atoms with Crippen LogP contribution >= 0.6 is 15.9 Å². The van der Waals surface area contributed by atoms with E-state index in [4.69, 9.17) is 5.73 Å². The zero-order valence-corrected chi connectivity index (χ0v) is 12.6. The highest BCUT2D eigenvalue weighted by atomic mass is 79.9. The fraction of sp³-hybridized carbons (Fsp3) is 0.200. The first-order chi connectivity index (χ1) is 9.90. The van der Waals surface area contributed by atoms with Crippen LogP contribution in [0.1, 0.15) is 16.7 Å². The highest BCUT2D eigenvalue weighted by molar-refractivity contribution is 9.10. The lowest BCUT2D eigenvalue weighted by Crippen LogP contribution is -2.06. The Morgan fingerprint density at radius 3 is 2.38 bits per heavy atom. The lowest BCUT2D eigenvalue weighted by atomic mass is 10.1. The van der Waals surface area contributed by atoms with Crippen molar-refractivity contribution in [2.75, 3.05) is 5.32 Å². The second-order valence-corrected chi connectivity index (χ2v) is 5.42. The molecule has 3 N–H and O–H groups in total. The summed E-state index contributed by atoms with van der Waals surface area (Å²) in [6.07, 6.45) is -4.34. The molecule has 0 atom stereocenters. The van der Waals surface area contributed by atoms with E-state index in [2.05, 4.69) is 21.2 Å². The van der Waals surface area contributed by atoms with Crippen molar-refractivity contribution < 1.29 is 13.2 Å². The molecule has 2 aromatic rings. The Morgan fingerprint density at radius 1 is 1.05 bits per heavy atom. The summed E-state index contributed by atoms with van der Waals surface area (Å²) in [5, 5.41) is 3.10. The summed E-state index contributed by atoms with van der Waals surface area (Å²) in [6.45, 7) is 0.968. The quantitative estimate of drug-likeness (QED) is 0.841. The van der Waals surface area contributed by atoms with Gasteiger partial charge in [0.15, 0.2) is 0 Å². The van der Waals surface area contributed by atoms with Gasteiger partial charge in [0.2, 0.25) is 0 Å². The number of nitrogens with one attached hydrogen (secondary N) is 1. The van der Waals surface area contributed by atoms with Crippen LogP contribution < -0.4 is 11.1 Å². The standard InChI is InChI=1S/C15H14BrF3N2/c16-13-7-12(15(17,18)19)4-5-14(13)21-9-11-3-1-2-10(6-11)8-20/h1-7,21H,8-9,20H2. The van der Waals surface area contributed by atoms with E-state index in [0.29, 0.717) is 23.2 Å². The maximum Gasteiger partial charge on any atom is 0.416 e. The van der Waals surface area contributed by atoms with Gasteiger partial charge in [0.25, 0.3) is 0 Å². The van der Waals surface area contributed by atoms with Gasteiger partial charge < -0.3 is 11.1 Å². The third kappa shape index (κ3) is 4.22. The van der Waals surface area contributed by atoms with E-state index >= 15 is 0 Å². The minimum Gasteiger partial charge on any atom is -0.380 e. The lowest BCUT2D eigenvalue weighted by Gasteiger charge is -2.12. The largest absolute Gasteiger partial charge is 0.416 e. The van der Waals surface area contributed by atoms with Crippen LogP contribution in [0.15, 0.2) is 46.9 Å². The summed E-state index contributed by atoms with van der Waals surface area (Å²) >= 11 is 3.16. The number of nitrogens with two attached hydrogens (primary N) is 1. The summed E-state index contributed by atoms with van der Waals surface area (Å²) in [7, 11) is 0. The second-order valence-electron chi connectivity index (χ2n) is 4.57. The van der Waals surface area contributed by atoms with Crippen molar-refractivity contribution in [2.45, 2.75) is 19.3 Å². The molecular formula is C15H14BrF3N2. The minimum atomic E-state index is -4.34. The lowest BCUT2D eigenvalue weighted by molar-refractivity contribution is -0.137. The van der Waals surface area contributed by atoms with Crippen LogP contribution in [0.3, 0.4) is 0 Å². The summed E-state index contributed by atoms with van der Waals surface area (Å²) in [5.41, 5.74) is 7.54. The van der Waals surface area contributed by atoms with Gasteiger partial charge in [-0.3, -0.25) is 0 Å². The van der Waals surface area contributed by atoms with E-state index in [-0.39, 0.29) is 0 Å². The summed E-state index contributed by atoms with van der Waals surface area (Å²) in [5.74, 6) is 0. The van der Waals surface area contributed by atoms with Crippen LogP contribution in [0, 0.1) is 0 Å². The van der Waals surface area contributed by atoms with Gasteiger partial charge in [0, 0.05) is 23.2 Å². The summed E-state index contributed by atoms with van der Waals surface area (Å²) in [4.78, 5) is 0. The Bertz CT molecular complexity index is 627. The molecule has 0 saturated heterocycles. The van der Waals surface area contributed by atoms with E-state index in [1.807, 2.05) is 24.3 Å². The SMILES string of the molecule is NCc1cccc(CNc2ccc(C(F)(F)F)cc2Br)c1. The first-order valence-corrected chi connectivity index (χ1v) is 7.08. The predicted molar refractivity (Wildman–Crippen MR) is 80.8 cm³/mol. The number of alkyl halides is 3. The van der Waals surface area contributed by atoms with Crippen LogP contribution in [0.25, 0.3) is 0 Å². The Morgan fingerprint density at radius 2 is 1.76 bits per heavy atom. The monoisotopic (exact) mass is 358 g/mol. The van der Waals surface area contributed by atoms with Crippen LogP contribution in [0.5, 0.6) is 0 Å². The molecule has 0 unspecified atom stereocenters. The molecule has 0 bridgehead atoms. The van der Waals surface area contributed by atoms with Gasteiger partial charge in [0.05, 0.1) is 5.56 Å². The molecule has 0 aliphatic heterocycles. The number of benzene rings is 2. The molecular weight excluding hydrogens is 345 g/mol. The maximum absolute atomic E-state index is 12.6. The predicted octanol–water partition coefficient (Wildman–Crippen LogP) is 4.54. The summed E-state index contributed by atoms with van der Waals surface area (Å²) < 4.78 is 38.1. The van der Waals surface area contributed by atoms with Crippen molar-refractivity contribution in [3.05, 3.63) is 63.6 Å². The molecule has 0 fully saturated rings. The number of hydrogen-bond acceptors (Lipinski definition) is 2. The number of rotatable bonds is 4. The first-order valence-electron chi connectivity index (χ1n) is 6.28. The second kappa shape index (κ2) is 6.49. The number of hydrogen-bond donors (Lipinski definition) is 2. The Labute approximate surface area is 129 Å². The van der Waals surface area contributed by atoms with E-state index in [1.165, 1.54) is 6.07 Å². The van der Waals surface area contributed by atoms with Gasteiger partial charge in [0.1, 0.15) is 0 Å². The molecule has 2 rings (SSSR count). The van der Waals surface area contributed by atoms with Crippen molar-refractivity contribution >= 4 is 21.6 Å². The zero-order valence-electron chi connectivity index (χ0n) is 11.0. The molecule has 112 valence electrons. The van der Waals surface area contributed by atoms with Crippen molar-refractivity contribution in [2.24, 2.45) is 5.73 Å². The molecule has 0 aliphatic rings. The molecule has 0 radical (unpaired) electrons. The third-order valence-electron chi connectivity index (χ3n) is 3.01. The van der Waals surface area contributed by atoms with Gasteiger partial charge in [-0.1, -0.05) is 24.3 Å². The van der Waals surface area contributed by atoms with Crippen LogP contribution in [0.4, 0.5) is 18.9 Å². The van der Waals surface area contributed by atoms with E-state index in [0.717, 1.165) is 23.3 Å². The molecule has 0 spiro atoms.